The van der Waals surface area contributed by atoms with Crippen LogP contribution in [0.1, 0.15) is 19.8 Å². The molecule has 2 heterocycles. The maximum Gasteiger partial charge on any atom is 0.328 e. The van der Waals surface area contributed by atoms with Gasteiger partial charge in [-0.05, 0) is 19.4 Å². The maximum atomic E-state index is 11.9. The average molecular weight is 242 g/mol. The van der Waals surface area contributed by atoms with Crippen LogP contribution in [0.2, 0.25) is 0 Å². The van der Waals surface area contributed by atoms with Crippen molar-refractivity contribution in [1.29, 1.82) is 0 Å². The third kappa shape index (κ3) is 2.28. The van der Waals surface area contributed by atoms with Gasteiger partial charge in [0.05, 0.1) is 12.8 Å². The highest BCUT2D eigenvalue weighted by Crippen LogP contribution is 2.24. The lowest BCUT2D eigenvalue weighted by Crippen LogP contribution is -2.60. The van der Waals surface area contributed by atoms with Gasteiger partial charge in [0.1, 0.15) is 6.61 Å². The molecule has 0 aliphatic carbocycles. The van der Waals surface area contributed by atoms with Crippen molar-refractivity contribution in [3.63, 3.8) is 0 Å². The topological polar surface area (TPSA) is 70.1 Å². The average Bonchev–Trinajstić information content (AvgIpc) is 2.76. The molecule has 2 atom stereocenters. The molecular formula is C11H18N2O4. The molecule has 6 nitrogen and oxygen atoms in total. The Morgan fingerprint density at radius 1 is 1.59 bits per heavy atom. The molecule has 0 spiro atoms. The van der Waals surface area contributed by atoms with E-state index in [0.717, 1.165) is 25.9 Å². The van der Waals surface area contributed by atoms with Gasteiger partial charge in [0, 0.05) is 6.54 Å². The van der Waals surface area contributed by atoms with Gasteiger partial charge in [-0.25, -0.2) is 4.79 Å². The van der Waals surface area contributed by atoms with Gasteiger partial charge in [-0.15, -0.1) is 0 Å². The summed E-state index contributed by atoms with van der Waals surface area (Å²) in [6.45, 7) is 3.88. The second-order valence-corrected chi connectivity index (χ2v) is 4.42. The van der Waals surface area contributed by atoms with Gasteiger partial charge in [-0.3, -0.25) is 9.69 Å². The molecule has 0 aromatic carbocycles. The zero-order valence-corrected chi connectivity index (χ0v) is 9.96. The fraction of sp³-hybridized carbons (Fsp3) is 0.818. The summed E-state index contributed by atoms with van der Waals surface area (Å²) in [7, 11) is 0. The van der Waals surface area contributed by atoms with Crippen LogP contribution in [0.25, 0.3) is 0 Å². The summed E-state index contributed by atoms with van der Waals surface area (Å²) < 4.78 is 5.02. The van der Waals surface area contributed by atoms with Crippen molar-refractivity contribution >= 4 is 11.9 Å². The Balaban J connectivity index is 2.19. The predicted octanol–water partition coefficient (Wildman–Crippen LogP) is -0.260. The first kappa shape index (κ1) is 12.3. The van der Waals surface area contributed by atoms with Gasteiger partial charge in [0.15, 0.2) is 6.04 Å². The molecule has 17 heavy (non-hydrogen) atoms. The summed E-state index contributed by atoms with van der Waals surface area (Å²) >= 11 is 0. The predicted molar refractivity (Wildman–Crippen MR) is 59.4 cm³/mol. The van der Waals surface area contributed by atoms with Gasteiger partial charge in [-0.1, -0.05) is 6.92 Å². The monoisotopic (exact) mass is 242 g/mol. The summed E-state index contributed by atoms with van der Waals surface area (Å²) in [5.74, 6) is -1.20. The SMILES string of the molecule is CCN1CCCC1N1C(=O)COCC1C(=O)O. The third-order valence-corrected chi connectivity index (χ3v) is 3.47. The largest absolute Gasteiger partial charge is 0.480 e. The van der Waals surface area contributed by atoms with Crippen LogP contribution in [0.5, 0.6) is 0 Å². The second kappa shape index (κ2) is 5.01. The molecule has 0 aromatic heterocycles. The molecule has 1 amide bonds. The molecule has 2 fully saturated rings. The van der Waals surface area contributed by atoms with E-state index >= 15 is 0 Å². The third-order valence-electron chi connectivity index (χ3n) is 3.47. The first-order chi connectivity index (χ1) is 8.15. The minimum atomic E-state index is -0.985. The van der Waals surface area contributed by atoms with E-state index in [9.17, 15) is 9.59 Å². The van der Waals surface area contributed by atoms with Crippen molar-refractivity contribution in [2.24, 2.45) is 0 Å². The highest BCUT2D eigenvalue weighted by molar-refractivity contribution is 5.85. The zero-order valence-electron chi connectivity index (χ0n) is 9.96. The lowest BCUT2D eigenvalue weighted by Gasteiger charge is -2.40. The van der Waals surface area contributed by atoms with E-state index in [1.807, 2.05) is 6.92 Å². The van der Waals surface area contributed by atoms with Crippen LogP contribution in [0.4, 0.5) is 0 Å². The molecule has 1 N–H and O–H groups in total. The molecular weight excluding hydrogens is 224 g/mol. The summed E-state index contributed by atoms with van der Waals surface area (Å²) in [5.41, 5.74) is 0. The number of nitrogens with zero attached hydrogens (tertiary/aromatic N) is 2. The number of carbonyl (C=O) groups excluding carboxylic acids is 1. The molecule has 2 unspecified atom stereocenters. The molecule has 0 aromatic rings. The van der Waals surface area contributed by atoms with Gasteiger partial charge in [-0.2, -0.15) is 0 Å². The molecule has 0 radical (unpaired) electrons. The van der Waals surface area contributed by atoms with E-state index in [-0.39, 0.29) is 25.3 Å². The number of carboxylic acids is 1. The standard InChI is InChI=1S/C11H18N2O4/c1-2-12-5-3-4-9(12)13-8(11(15)16)6-17-7-10(13)14/h8-9H,2-7H2,1H3,(H,15,16). The van der Waals surface area contributed by atoms with Gasteiger partial charge in [0.2, 0.25) is 0 Å². The number of likely N-dealkylation sites (tertiary alicyclic amines) is 1. The number of hydrogen-bond donors (Lipinski definition) is 1. The molecule has 2 saturated heterocycles. The van der Waals surface area contributed by atoms with Crippen LogP contribution in [0.3, 0.4) is 0 Å². The normalized spacial score (nSPS) is 30.9. The molecule has 2 rings (SSSR count). The van der Waals surface area contributed by atoms with Crippen molar-refractivity contribution in [2.75, 3.05) is 26.3 Å². The lowest BCUT2D eigenvalue weighted by molar-refractivity contribution is -0.170. The van der Waals surface area contributed by atoms with Crippen LogP contribution in [-0.4, -0.2) is 65.3 Å². The highest BCUT2D eigenvalue weighted by atomic mass is 16.5. The fourth-order valence-corrected chi connectivity index (χ4v) is 2.64. The number of carboxylic acid groups (broad SMARTS) is 1. The first-order valence-electron chi connectivity index (χ1n) is 6.01. The summed E-state index contributed by atoms with van der Waals surface area (Å²) in [6.07, 6.45) is 1.79. The summed E-state index contributed by atoms with van der Waals surface area (Å²) in [4.78, 5) is 26.7. The van der Waals surface area contributed by atoms with E-state index in [2.05, 4.69) is 4.90 Å². The number of aliphatic carboxylic acids is 1. The first-order valence-corrected chi connectivity index (χ1v) is 6.01. The van der Waals surface area contributed by atoms with Gasteiger partial charge in [0.25, 0.3) is 5.91 Å². The van der Waals surface area contributed by atoms with E-state index in [1.54, 1.807) is 0 Å². The Kier molecular flexibility index (Phi) is 3.63. The number of morpholine rings is 1. The van der Waals surface area contributed by atoms with E-state index in [0.29, 0.717) is 0 Å². The van der Waals surface area contributed by atoms with E-state index in [1.165, 1.54) is 4.90 Å². The lowest BCUT2D eigenvalue weighted by atomic mass is 10.1. The molecule has 2 aliphatic rings. The highest BCUT2D eigenvalue weighted by Gasteiger charge is 2.41. The number of amides is 1. The molecule has 6 heteroatoms. The van der Waals surface area contributed by atoms with Crippen LogP contribution in [0.15, 0.2) is 0 Å². The Labute approximate surface area is 100 Å². The number of hydrogen-bond acceptors (Lipinski definition) is 4. The smallest absolute Gasteiger partial charge is 0.328 e. The Morgan fingerprint density at radius 3 is 3.00 bits per heavy atom. The van der Waals surface area contributed by atoms with Gasteiger partial charge >= 0.3 is 5.97 Å². The van der Waals surface area contributed by atoms with Crippen molar-refractivity contribution in [2.45, 2.75) is 32.0 Å². The molecule has 0 saturated carbocycles. The number of carbonyl (C=O) groups is 2. The Morgan fingerprint density at radius 2 is 2.35 bits per heavy atom. The van der Waals surface area contributed by atoms with Crippen LogP contribution < -0.4 is 0 Å². The Hall–Kier alpha value is -1.14. The van der Waals surface area contributed by atoms with Crippen molar-refractivity contribution < 1.29 is 19.4 Å². The van der Waals surface area contributed by atoms with Crippen LogP contribution in [-0.2, 0) is 14.3 Å². The molecule has 2 aliphatic heterocycles. The van der Waals surface area contributed by atoms with Crippen LogP contribution >= 0.6 is 0 Å². The van der Waals surface area contributed by atoms with E-state index < -0.39 is 12.0 Å². The maximum absolute atomic E-state index is 11.9. The quantitative estimate of drug-likeness (QED) is 0.738. The minimum absolute atomic E-state index is 0.00215. The van der Waals surface area contributed by atoms with Crippen molar-refractivity contribution in [1.82, 2.24) is 9.80 Å². The van der Waals surface area contributed by atoms with Crippen molar-refractivity contribution in [3.05, 3.63) is 0 Å². The van der Waals surface area contributed by atoms with Gasteiger partial charge < -0.3 is 14.7 Å². The number of rotatable bonds is 3. The molecule has 0 bridgehead atoms. The zero-order chi connectivity index (χ0) is 12.4. The Bertz CT molecular complexity index is 321. The second-order valence-electron chi connectivity index (χ2n) is 4.42. The molecule has 96 valence electrons. The summed E-state index contributed by atoms with van der Waals surface area (Å²) in [6, 6.07) is -0.839. The van der Waals surface area contributed by atoms with E-state index in [4.69, 9.17) is 9.84 Å². The summed E-state index contributed by atoms with van der Waals surface area (Å²) in [5, 5.41) is 9.15. The van der Waals surface area contributed by atoms with Crippen molar-refractivity contribution in [3.8, 4) is 0 Å². The minimum Gasteiger partial charge on any atom is -0.480 e. The van der Waals surface area contributed by atoms with Crippen LogP contribution in [0, 0.1) is 0 Å². The fourth-order valence-electron chi connectivity index (χ4n) is 2.64. The number of ether oxygens (including phenoxy) is 1.